The van der Waals surface area contributed by atoms with E-state index in [1.807, 2.05) is 24.3 Å². The molecule has 2 aromatic rings. The molecule has 19 heavy (non-hydrogen) atoms. The molecule has 6 nitrogen and oxygen atoms in total. The maximum atomic E-state index is 12.0. The third kappa shape index (κ3) is 1.96. The van der Waals surface area contributed by atoms with Crippen LogP contribution in [0.25, 0.3) is 11.3 Å². The number of likely N-dealkylation sites (N-methyl/N-ethyl adjacent to an activating group) is 1. The van der Waals surface area contributed by atoms with Crippen LogP contribution in [0.3, 0.4) is 0 Å². The first-order chi connectivity index (χ1) is 9.16. The first-order valence-corrected chi connectivity index (χ1v) is 5.96. The monoisotopic (exact) mass is 258 g/mol. The molecule has 3 N–H and O–H groups in total. The minimum absolute atomic E-state index is 0.152. The van der Waals surface area contributed by atoms with Gasteiger partial charge in [0.05, 0.1) is 11.4 Å². The normalized spacial score (nSPS) is 18.7. The number of nitrogens with zero attached hydrogens (tertiary/aromatic N) is 2. The van der Waals surface area contributed by atoms with Crippen LogP contribution >= 0.6 is 0 Å². The van der Waals surface area contributed by atoms with Crippen LogP contribution in [0.2, 0.25) is 0 Å². The number of anilines is 1. The second-order valence-corrected chi connectivity index (χ2v) is 4.47. The lowest BCUT2D eigenvalue weighted by Gasteiger charge is -2.18. The van der Waals surface area contributed by atoms with Crippen molar-refractivity contribution in [3.63, 3.8) is 0 Å². The van der Waals surface area contributed by atoms with E-state index in [2.05, 4.69) is 10.2 Å². The number of aromatic amines is 1. The van der Waals surface area contributed by atoms with Crippen molar-refractivity contribution in [3.8, 4) is 17.0 Å². The zero-order valence-corrected chi connectivity index (χ0v) is 10.5. The summed E-state index contributed by atoms with van der Waals surface area (Å²) in [5.74, 6) is 0.507. The molecule has 2 heterocycles. The van der Waals surface area contributed by atoms with E-state index in [-0.39, 0.29) is 12.5 Å². The molecule has 0 bridgehead atoms. The van der Waals surface area contributed by atoms with Crippen LogP contribution in [0.1, 0.15) is 0 Å². The first-order valence-electron chi connectivity index (χ1n) is 5.96. The second-order valence-electron chi connectivity index (χ2n) is 4.47. The number of nitrogens with one attached hydrogen (secondary N) is 1. The Morgan fingerprint density at radius 2 is 2.32 bits per heavy atom. The van der Waals surface area contributed by atoms with Gasteiger partial charge in [-0.3, -0.25) is 9.89 Å². The van der Waals surface area contributed by atoms with Gasteiger partial charge in [-0.15, -0.1) is 0 Å². The smallest absolute Gasteiger partial charge is 0.247 e. The lowest BCUT2D eigenvalue weighted by atomic mass is 10.1. The van der Waals surface area contributed by atoms with Gasteiger partial charge in [-0.05, 0) is 24.3 Å². The lowest BCUT2D eigenvalue weighted by Crippen LogP contribution is -2.43. The van der Waals surface area contributed by atoms with Gasteiger partial charge < -0.3 is 15.4 Å². The maximum Gasteiger partial charge on any atom is 0.247 e. The molecule has 1 aromatic heterocycles. The largest absolute Gasteiger partial charge is 0.489 e. The number of H-pyrrole nitrogens is 1. The van der Waals surface area contributed by atoms with E-state index in [0.29, 0.717) is 11.4 Å². The van der Waals surface area contributed by atoms with Crippen LogP contribution in [0.4, 0.5) is 5.69 Å². The van der Waals surface area contributed by atoms with Gasteiger partial charge in [-0.1, -0.05) is 0 Å². The summed E-state index contributed by atoms with van der Waals surface area (Å²) in [6, 6.07) is 6.88. The molecule has 6 heteroatoms. The highest BCUT2D eigenvalue weighted by Crippen LogP contribution is 2.34. The number of amides is 1. The Kier molecular flexibility index (Phi) is 2.72. The number of rotatable bonds is 1. The summed E-state index contributed by atoms with van der Waals surface area (Å²) < 4.78 is 5.56. The fourth-order valence-electron chi connectivity index (χ4n) is 2.10. The number of aromatic nitrogens is 2. The van der Waals surface area contributed by atoms with Crippen molar-refractivity contribution in [2.75, 3.05) is 18.6 Å². The Balaban J connectivity index is 2.07. The van der Waals surface area contributed by atoms with Gasteiger partial charge in [-0.2, -0.15) is 5.10 Å². The van der Waals surface area contributed by atoms with Crippen molar-refractivity contribution in [2.45, 2.75) is 6.04 Å². The molecule has 1 atom stereocenters. The topological polar surface area (TPSA) is 84.2 Å². The Bertz CT molecular complexity index is 609. The molecule has 1 aliphatic heterocycles. The van der Waals surface area contributed by atoms with Gasteiger partial charge >= 0.3 is 0 Å². The minimum Gasteiger partial charge on any atom is -0.489 e. The highest BCUT2D eigenvalue weighted by Gasteiger charge is 2.26. The van der Waals surface area contributed by atoms with Crippen LogP contribution in [0.15, 0.2) is 30.5 Å². The number of ether oxygens (including phenoxy) is 1. The molecule has 3 rings (SSSR count). The summed E-state index contributed by atoms with van der Waals surface area (Å²) in [7, 11) is 1.70. The van der Waals surface area contributed by atoms with Gasteiger partial charge in [0.25, 0.3) is 0 Å². The number of hydrogen-bond donors (Lipinski definition) is 2. The third-order valence-electron chi connectivity index (χ3n) is 3.20. The zero-order chi connectivity index (χ0) is 13.4. The molecule has 0 saturated heterocycles. The van der Waals surface area contributed by atoms with E-state index < -0.39 is 6.04 Å². The maximum absolute atomic E-state index is 12.0. The Labute approximate surface area is 110 Å². The van der Waals surface area contributed by atoms with E-state index in [9.17, 15) is 4.79 Å². The second kappa shape index (κ2) is 4.40. The van der Waals surface area contributed by atoms with Gasteiger partial charge in [0, 0.05) is 18.8 Å². The van der Waals surface area contributed by atoms with E-state index in [1.165, 1.54) is 4.90 Å². The standard InChI is InChI=1S/C13H14N4O2/c1-17-11-6-8(10-4-5-15-16-10)2-3-12(11)19-7-9(14)13(17)18/h2-6,9H,7,14H2,1H3,(H,15,16). The van der Waals surface area contributed by atoms with Crippen LogP contribution in [-0.4, -0.2) is 35.8 Å². The summed E-state index contributed by atoms with van der Waals surface area (Å²) in [5, 5.41) is 6.81. The number of hydrogen-bond acceptors (Lipinski definition) is 4. The molecule has 98 valence electrons. The molecule has 1 aromatic carbocycles. The van der Waals surface area contributed by atoms with Crippen molar-refractivity contribution in [1.29, 1.82) is 0 Å². The molecule has 0 aliphatic carbocycles. The Morgan fingerprint density at radius 1 is 1.47 bits per heavy atom. The average molecular weight is 258 g/mol. The van der Waals surface area contributed by atoms with E-state index in [0.717, 1.165) is 11.3 Å². The number of carbonyl (C=O) groups is 1. The van der Waals surface area contributed by atoms with Gasteiger partial charge in [0.15, 0.2) is 0 Å². The van der Waals surface area contributed by atoms with Gasteiger partial charge in [0.2, 0.25) is 5.91 Å². The van der Waals surface area contributed by atoms with Crippen molar-refractivity contribution in [2.24, 2.45) is 5.73 Å². The van der Waals surface area contributed by atoms with Gasteiger partial charge in [0.1, 0.15) is 18.4 Å². The SMILES string of the molecule is CN1C(=O)C(N)COc2ccc(-c3ccn[nH]3)cc21. The zero-order valence-electron chi connectivity index (χ0n) is 10.5. The fourth-order valence-corrected chi connectivity index (χ4v) is 2.10. The Morgan fingerprint density at radius 3 is 3.05 bits per heavy atom. The minimum atomic E-state index is -0.631. The number of carbonyl (C=O) groups excluding carboxylic acids is 1. The first kappa shape index (κ1) is 11.7. The molecule has 0 saturated carbocycles. The summed E-state index contributed by atoms with van der Waals surface area (Å²) in [4.78, 5) is 13.5. The van der Waals surface area contributed by atoms with Gasteiger partial charge in [-0.25, -0.2) is 0 Å². The van der Waals surface area contributed by atoms with E-state index in [1.54, 1.807) is 13.2 Å². The number of benzene rings is 1. The molecular weight excluding hydrogens is 244 g/mol. The summed E-state index contributed by atoms with van der Waals surface area (Å²) >= 11 is 0. The molecule has 1 aliphatic rings. The highest BCUT2D eigenvalue weighted by molar-refractivity contribution is 5.99. The molecule has 0 radical (unpaired) electrons. The quantitative estimate of drug-likeness (QED) is 0.791. The predicted octanol–water partition coefficient (Wildman–Crippen LogP) is 0.759. The Hall–Kier alpha value is -2.34. The fraction of sp³-hybridized carbons (Fsp3) is 0.231. The highest BCUT2D eigenvalue weighted by atomic mass is 16.5. The number of fused-ring (bicyclic) bond motifs is 1. The van der Waals surface area contributed by atoms with Crippen LogP contribution in [-0.2, 0) is 4.79 Å². The molecule has 0 fully saturated rings. The van der Waals surface area contributed by atoms with E-state index >= 15 is 0 Å². The van der Waals surface area contributed by atoms with Crippen LogP contribution in [0, 0.1) is 0 Å². The number of nitrogens with two attached hydrogens (primary N) is 1. The third-order valence-corrected chi connectivity index (χ3v) is 3.20. The lowest BCUT2D eigenvalue weighted by molar-refractivity contribution is -0.119. The summed E-state index contributed by atoms with van der Waals surface area (Å²) in [5.41, 5.74) is 8.29. The summed E-state index contributed by atoms with van der Waals surface area (Å²) in [6.45, 7) is 0.194. The molecular formula is C13H14N4O2. The van der Waals surface area contributed by atoms with Crippen LogP contribution in [0.5, 0.6) is 5.75 Å². The predicted molar refractivity (Wildman–Crippen MR) is 70.9 cm³/mol. The molecule has 1 unspecified atom stereocenters. The van der Waals surface area contributed by atoms with Crippen LogP contribution < -0.4 is 15.4 Å². The van der Waals surface area contributed by atoms with Crippen molar-refractivity contribution < 1.29 is 9.53 Å². The molecule has 1 amide bonds. The van der Waals surface area contributed by atoms with Crippen molar-refractivity contribution >= 4 is 11.6 Å². The van der Waals surface area contributed by atoms with E-state index in [4.69, 9.17) is 10.5 Å². The molecule has 0 spiro atoms. The average Bonchev–Trinajstić information content (AvgIpc) is 2.94. The van der Waals surface area contributed by atoms with Crippen molar-refractivity contribution in [3.05, 3.63) is 30.5 Å². The van der Waals surface area contributed by atoms with Crippen molar-refractivity contribution in [1.82, 2.24) is 10.2 Å². The summed E-state index contributed by atoms with van der Waals surface area (Å²) in [6.07, 6.45) is 1.68.